The fourth-order valence-corrected chi connectivity index (χ4v) is 5.50. The minimum atomic E-state index is -3.84. The standard InChI is InChI=1S/C25H25N3O3S/c1-2-21-14-18-8-9-22(32(26,30)31)15-24(18)28(21)25(29)20-11-16-6-7-17(12-19(16)13-20)23-5-3-4-10-27-23/h3-10,12,15,20-21H,2,11,13-14H2,1H3,(H2,26,30,31)/t20-,21-/m1/s1. The van der Waals surface area contributed by atoms with Crippen molar-refractivity contribution in [2.75, 3.05) is 4.90 Å². The Morgan fingerprint density at radius 2 is 1.81 bits per heavy atom. The van der Waals surface area contributed by atoms with Crippen LogP contribution in [0.25, 0.3) is 11.3 Å². The molecule has 2 atom stereocenters. The number of fused-ring (bicyclic) bond motifs is 2. The van der Waals surface area contributed by atoms with Crippen LogP contribution in [-0.4, -0.2) is 25.4 Å². The van der Waals surface area contributed by atoms with E-state index in [1.54, 1.807) is 18.3 Å². The molecule has 0 bridgehead atoms. The number of rotatable bonds is 4. The highest BCUT2D eigenvalue weighted by molar-refractivity contribution is 7.89. The molecule has 1 aliphatic heterocycles. The molecular weight excluding hydrogens is 422 g/mol. The zero-order valence-electron chi connectivity index (χ0n) is 17.9. The van der Waals surface area contributed by atoms with Crippen molar-refractivity contribution in [2.24, 2.45) is 11.1 Å². The van der Waals surface area contributed by atoms with Gasteiger partial charge in [-0.05, 0) is 72.7 Å². The van der Waals surface area contributed by atoms with Crippen LogP contribution < -0.4 is 10.0 Å². The van der Waals surface area contributed by atoms with Crippen molar-refractivity contribution in [3.8, 4) is 11.3 Å². The molecule has 1 aliphatic carbocycles. The molecule has 164 valence electrons. The Balaban J connectivity index is 1.44. The molecule has 0 unspecified atom stereocenters. The van der Waals surface area contributed by atoms with Crippen LogP contribution in [0, 0.1) is 5.92 Å². The van der Waals surface area contributed by atoms with Crippen LogP contribution >= 0.6 is 0 Å². The van der Waals surface area contributed by atoms with Gasteiger partial charge < -0.3 is 4.90 Å². The van der Waals surface area contributed by atoms with E-state index in [9.17, 15) is 13.2 Å². The first-order valence-electron chi connectivity index (χ1n) is 10.9. The molecule has 0 spiro atoms. The van der Waals surface area contributed by atoms with Gasteiger partial charge in [0, 0.05) is 29.4 Å². The Morgan fingerprint density at radius 1 is 1.03 bits per heavy atom. The zero-order valence-corrected chi connectivity index (χ0v) is 18.7. The topological polar surface area (TPSA) is 93.4 Å². The summed E-state index contributed by atoms with van der Waals surface area (Å²) in [6.07, 6.45) is 4.67. The molecule has 2 aliphatic rings. The van der Waals surface area contributed by atoms with Gasteiger partial charge in [0.1, 0.15) is 0 Å². The Morgan fingerprint density at radius 3 is 2.53 bits per heavy atom. The van der Waals surface area contributed by atoms with Crippen LogP contribution in [0.15, 0.2) is 65.7 Å². The average molecular weight is 448 g/mol. The predicted molar refractivity (Wildman–Crippen MR) is 124 cm³/mol. The van der Waals surface area contributed by atoms with E-state index in [4.69, 9.17) is 5.14 Å². The van der Waals surface area contributed by atoms with E-state index in [1.165, 1.54) is 17.2 Å². The molecule has 5 rings (SSSR count). The van der Waals surface area contributed by atoms with Crippen LogP contribution in [0.4, 0.5) is 5.69 Å². The minimum absolute atomic E-state index is 0.0287. The number of hydrogen-bond acceptors (Lipinski definition) is 4. The number of carbonyl (C=O) groups excluding carboxylic acids is 1. The summed E-state index contributed by atoms with van der Waals surface area (Å²) in [5, 5.41) is 5.34. The van der Waals surface area contributed by atoms with Crippen molar-refractivity contribution in [1.29, 1.82) is 0 Å². The maximum atomic E-state index is 13.7. The van der Waals surface area contributed by atoms with Gasteiger partial charge in [-0.1, -0.05) is 31.2 Å². The highest BCUT2D eigenvalue weighted by Gasteiger charge is 2.38. The van der Waals surface area contributed by atoms with Crippen LogP contribution in [0.2, 0.25) is 0 Å². The maximum absolute atomic E-state index is 13.7. The number of anilines is 1. The number of nitrogens with two attached hydrogens (primary N) is 1. The van der Waals surface area contributed by atoms with Crippen LogP contribution in [-0.2, 0) is 34.1 Å². The van der Waals surface area contributed by atoms with Gasteiger partial charge in [0.15, 0.2) is 0 Å². The number of amides is 1. The van der Waals surface area contributed by atoms with Crippen molar-refractivity contribution >= 4 is 21.6 Å². The summed E-state index contributed by atoms with van der Waals surface area (Å²) >= 11 is 0. The SMILES string of the molecule is CC[C@@H]1Cc2ccc(S(N)(=O)=O)cc2N1C(=O)[C@@H]1Cc2ccc(-c3ccccn3)cc2C1. The highest BCUT2D eigenvalue weighted by atomic mass is 32.2. The lowest BCUT2D eigenvalue weighted by Gasteiger charge is -2.27. The van der Waals surface area contributed by atoms with E-state index in [1.807, 2.05) is 23.1 Å². The Bertz CT molecular complexity index is 1310. The molecule has 1 amide bonds. The first-order valence-corrected chi connectivity index (χ1v) is 12.4. The zero-order chi connectivity index (χ0) is 22.5. The summed E-state index contributed by atoms with van der Waals surface area (Å²) in [6.45, 7) is 2.06. The molecule has 0 fully saturated rings. The van der Waals surface area contributed by atoms with Crippen molar-refractivity contribution in [1.82, 2.24) is 4.98 Å². The van der Waals surface area contributed by atoms with Crippen molar-refractivity contribution in [3.05, 3.63) is 77.5 Å². The van der Waals surface area contributed by atoms with Gasteiger partial charge in [0.2, 0.25) is 15.9 Å². The fourth-order valence-electron chi connectivity index (χ4n) is 4.97. The Labute approximate surface area is 188 Å². The second-order valence-electron chi connectivity index (χ2n) is 8.61. The largest absolute Gasteiger partial charge is 0.308 e. The predicted octanol–water partition coefficient (Wildman–Crippen LogP) is 3.48. The lowest BCUT2D eigenvalue weighted by atomic mass is 10.0. The molecule has 7 heteroatoms. The highest BCUT2D eigenvalue weighted by Crippen LogP contribution is 2.39. The second kappa shape index (κ2) is 7.83. The molecule has 6 nitrogen and oxygen atoms in total. The number of sulfonamides is 1. The summed E-state index contributed by atoms with van der Waals surface area (Å²) in [7, 11) is -3.84. The monoisotopic (exact) mass is 447 g/mol. The molecular formula is C25H25N3O3S. The maximum Gasteiger partial charge on any atom is 0.238 e. The Kier molecular flexibility index (Phi) is 5.10. The molecule has 0 saturated heterocycles. The summed E-state index contributed by atoms with van der Waals surface area (Å²) in [6, 6.07) is 17.0. The number of benzene rings is 2. The molecule has 2 aromatic carbocycles. The van der Waals surface area contributed by atoms with E-state index in [-0.39, 0.29) is 22.8 Å². The van der Waals surface area contributed by atoms with Gasteiger partial charge in [-0.3, -0.25) is 9.78 Å². The van der Waals surface area contributed by atoms with Gasteiger partial charge in [0.05, 0.1) is 10.6 Å². The Hall–Kier alpha value is -3.03. The summed E-state index contributed by atoms with van der Waals surface area (Å²) < 4.78 is 23.8. The summed E-state index contributed by atoms with van der Waals surface area (Å²) in [5.41, 5.74) is 6.00. The van der Waals surface area contributed by atoms with E-state index < -0.39 is 10.0 Å². The number of carbonyl (C=O) groups is 1. The first kappa shape index (κ1) is 20.8. The number of nitrogens with zero attached hydrogens (tertiary/aromatic N) is 2. The molecule has 2 N–H and O–H groups in total. The van der Waals surface area contributed by atoms with E-state index in [2.05, 4.69) is 30.1 Å². The molecule has 0 radical (unpaired) electrons. The van der Waals surface area contributed by atoms with Gasteiger partial charge in [-0.15, -0.1) is 0 Å². The van der Waals surface area contributed by atoms with Crippen LogP contribution in [0.3, 0.4) is 0 Å². The first-order chi connectivity index (χ1) is 15.3. The number of aromatic nitrogens is 1. The molecule has 3 aromatic rings. The molecule has 2 heterocycles. The molecule has 32 heavy (non-hydrogen) atoms. The van der Waals surface area contributed by atoms with Crippen molar-refractivity contribution in [2.45, 2.75) is 43.5 Å². The number of pyridine rings is 1. The van der Waals surface area contributed by atoms with Crippen LogP contribution in [0.5, 0.6) is 0 Å². The normalized spacial score (nSPS) is 19.6. The number of hydrogen-bond donors (Lipinski definition) is 1. The molecule has 1 aromatic heterocycles. The van der Waals surface area contributed by atoms with E-state index in [0.717, 1.165) is 29.7 Å². The lowest BCUT2D eigenvalue weighted by Crippen LogP contribution is -2.41. The fraction of sp³-hybridized carbons (Fsp3) is 0.280. The number of primary sulfonamides is 1. The van der Waals surface area contributed by atoms with Gasteiger partial charge in [-0.2, -0.15) is 0 Å². The minimum Gasteiger partial charge on any atom is -0.308 e. The molecule has 0 saturated carbocycles. The third-order valence-electron chi connectivity index (χ3n) is 6.62. The quantitative estimate of drug-likeness (QED) is 0.663. The smallest absolute Gasteiger partial charge is 0.238 e. The third-order valence-corrected chi connectivity index (χ3v) is 7.53. The van der Waals surface area contributed by atoms with Crippen molar-refractivity contribution < 1.29 is 13.2 Å². The van der Waals surface area contributed by atoms with E-state index >= 15 is 0 Å². The second-order valence-corrected chi connectivity index (χ2v) is 10.2. The van der Waals surface area contributed by atoms with Gasteiger partial charge in [0.25, 0.3) is 0 Å². The van der Waals surface area contributed by atoms with Crippen LogP contribution in [0.1, 0.15) is 30.0 Å². The third kappa shape index (κ3) is 3.61. The summed E-state index contributed by atoms with van der Waals surface area (Å²) in [5.74, 6) is -0.111. The summed E-state index contributed by atoms with van der Waals surface area (Å²) in [4.78, 5) is 20.0. The van der Waals surface area contributed by atoms with Crippen molar-refractivity contribution in [3.63, 3.8) is 0 Å². The van der Waals surface area contributed by atoms with Gasteiger partial charge >= 0.3 is 0 Å². The van der Waals surface area contributed by atoms with E-state index in [0.29, 0.717) is 18.5 Å². The van der Waals surface area contributed by atoms with Gasteiger partial charge in [-0.25, -0.2) is 13.6 Å². The average Bonchev–Trinajstić information content (AvgIpc) is 3.38. The lowest BCUT2D eigenvalue weighted by molar-refractivity contribution is -0.122.